The molecule has 0 unspecified atom stereocenters. The Kier molecular flexibility index (Phi) is 8.11. The van der Waals surface area contributed by atoms with Gasteiger partial charge in [-0.05, 0) is 37.2 Å². The molecule has 1 aliphatic rings. The van der Waals surface area contributed by atoms with Crippen molar-refractivity contribution < 1.29 is 13.2 Å². The number of aliphatic imine (C=N–C) groups is 1. The summed E-state index contributed by atoms with van der Waals surface area (Å²) in [7, 11) is 0. The Bertz CT molecular complexity index is 773. The maximum Gasteiger partial charge on any atom is 0.434 e. The fourth-order valence-electron chi connectivity index (χ4n) is 2.90. The second-order valence-corrected chi connectivity index (χ2v) is 7.78. The first-order valence-electron chi connectivity index (χ1n) is 8.98. The van der Waals surface area contributed by atoms with E-state index in [1.807, 2.05) is 25.1 Å². The zero-order chi connectivity index (χ0) is 19.3. The second-order valence-electron chi connectivity index (χ2n) is 6.84. The zero-order valence-electron chi connectivity index (χ0n) is 15.6. The molecule has 2 N–H and O–H groups in total. The number of nitrogens with one attached hydrogen (secondary N) is 2. The van der Waals surface area contributed by atoms with Crippen LogP contribution in [0.4, 0.5) is 13.2 Å². The minimum Gasteiger partial charge on any atom is -0.357 e. The Balaban J connectivity index is 0.00000280. The summed E-state index contributed by atoms with van der Waals surface area (Å²) in [5.41, 5.74) is 0.707. The van der Waals surface area contributed by atoms with E-state index in [0.717, 1.165) is 42.5 Å². The summed E-state index contributed by atoms with van der Waals surface area (Å²) in [4.78, 5) is 8.01. The van der Waals surface area contributed by atoms with Gasteiger partial charge in [-0.1, -0.05) is 30.3 Å². The number of hydrogen-bond donors (Lipinski definition) is 2. The molecule has 0 radical (unpaired) electrons. The van der Waals surface area contributed by atoms with Crippen LogP contribution in [0.25, 0.3) is 0 Å². The summed E-state index contributed by atoms with van der Waals surface area (Å²) in [6.45, 7) is 3.56. The molecule has 2 aromatic rings. The number of halogens is 4. The fraction of sp³-hybridized carbons (Fsp3) is 0.474. The van der Waals surface area contributed by atoms with Gasteiger partial charge >= 0.3 is 6.18 Å². The van der Waals surface area contributed by atoms with Gasteiger partial charge in [0.2, 0.25) is 0 Å². The standard InChI is InChI=1S/C19H23F3N4S.HI/c1-2-23-17(24-11-16-26-15(12-27-16)19(20,21)22)25-13-18(8-9-18)10-14-6-4-3-5-7-14;/h3-7,12H,2,8-11,13H2,1H3,(H2,23,24,25);1H. The zero-order valence-corrected chi connectivity index (χ0v) is 18.7. The molecule has 3 rings (SSSR count). The summed E-state index contributed by atoms with van der Waals surface area (Å²) >= 11 is 0.981. The van der Waals surface area contributed by atoms with Gasteiger partial charge in [0.1, 0.15) is 5.01 Å². The highest BCUT2D eigenvalue weighted by Crippen LogP contribution is 2.47. The van der Waals surface area contributed by atoms with Crippen LogP contribution in [0.5, 0.6) is 0 Å². The maximum absolute atomic E-state index is 12.6. The molecule has 1 heterocycles. The lowest BCUT2D eigenvalue weighted by atomic mass is 9.96. The second kappa shape index (κ2) is 9.91. The quantitative estimate of drug-likeness (QED) is 0.309. The van der Waals surface area contributed by atoms with Crippen molar-refractivity contribution in [1.29, 1.82) is 0 Å². The van der Waals surface area contributed by atoms with Gasteiger partial charge in [0.15, 0.2) is 11.7 Å². The third-order valence-electron chi connectivity index (χ3n) is 4.57. The lowest BCUT2D eigenvalue weighted by molar-refractivity contribution is -0.140. The molecule has 0 spiro atoms. The van der Waals surface area contributed by atoms with Crippen LogP contribution in [-0.2, 0) is 19.1 Å². The van der Waals surface area contributed by atoms with Crippen molar-refractivity contribution in [2.45, 2.75) is 38.9 Å². The number of hydrogen-bond acceptors (Lipinski definition) is 3. The monoisotopic (exact) mass is 524 g/mol. The molecule has 1 fully saturated rings. The van der Waals surface area contributed by atoms with Crippen LogP contribution in [0.15, 0.2) is 40.7 Å². The smallest absolute Gasteiger partial charge is 0.357 e. The number of aromatic nitrogens is 1. The molecule has 0 atom stereocenters. The van der Waals surface area contributed by atoms with Crippen LogP contribution in [0.3, 0.4) is 0 Å². The van der Waals surface area contributed by atoms with Gasteiger partial charge in [0, 0.05) is 18.5 Å². The van der Waals surface area contributed by atoms with E-state index in [4.69, 9.17) is 0 Å². The highest BCUT2D eigenvalue weighted by atomic mass is 127. The van der Waals surface area contributed by atoms with Crippen LogP contribution in [0.2, 0.25) is 0 Å². The van der Waals surface area contributed by atoms with Gasteiger partial charge in [0.05, 0.1) is 6.54 Å². The number of alkyl halides is 3. The van der Waals surface area contributed by atoms with Gasteiger partial charge in [-0.2, -0.15) is 13.2 Å². The van der Waals surface area contributed by atoms with E-state index < -0.39 is 11.9 Å². The highest BCUT2D eigenvalue weighted by Gasteiger charge is 2.42. The molecule has 154 valence electrons. The topological polar surface area (TPSA) is 49.3 Å². The van der Waals surface area contributed by atoms with Crippen molar-refractivity contribution >= 4 is 41.3 Å². The molecule has 1 aliphatic carbocycles. The minimum atomic E-state index is -4.41. The number of guanidine groups is 1. The molecule has 4 nitrogen and oxygen atoms in total. The third-order valence-corrected chi connectivity index (χ3v) is 5.40. The average molecular weight is 524 g/mol. The van der Waals surface area contributed by atoms with Crippen LogP contribution >= 0.6 is 35.3 Å². The molecule has 0 saturated heterocycles. The van der Waals surface area contributed by atoms with Crippen molar-refractivity contribution in [3.63, 3.8) is 0 Å². The Labute approximate surface area is 184 Å². The Morgan fingerprint density at radius 3 is 2.50 bits per heavy atom. The number of thiazole rings is 1. The van der Waals surface area contributed by atoms with Crippen molar-refractivity contribution in [2.24, 2.45) is 10.4 Å². The van der Waals surface area contributed by atoms with E-state index in [-0.39, 0.29) is 35.9 Å². The average Bonchev–Trinajstić information content (AvgIpc) is 3.21. The van der Waals surface area contributed by atoms with E-state index in [1.54, 1.807) is 0 Å². The van der Waals surface area contributed by atoms with Gasteiger partial charge in [0.25, 0.3) is 0 Å². The van der Waals surface area contributed by atoms with E-state index in [1.165, 1.54) is 5.56 Å². The molecule has 9 heteroatoms. The Morgan fingerprint density at radius 1 is 1.21 bits per heavy atom. The summed E-state index contributed by atoms with van der Waals surface area (Å²) < 4.78 is 37.9. The van der Waals surface area contributed by atoms with Crippen molar-refractivity contribution in [3.8, 4) is 0 Å². The lowest BCUT2D eigenvalue weighted by Crippen LogP contribution is -2.40. The van der Waals surface area contributed by atoms with E-state index in [9.17, 15) is 13.2 Å². The number of rotatable bonds is 7. The molecule has 0 bridgehead atoms. The summed E-state index contributed by atoms with van der Waals surface area (Å²) in [5, 5.41) is 7.88. The summed E-state index contributed by atoms with van der Waals surface area (Å²) in [6, 6.07) is 10.4. The summed E-state index contributed by atoms with van der Waals surface area (Å²) in [6.07, 6.45) is -1.07. The van der Waals surface area contributed by atoms with Crippen molar-refractivity contribution in [2.75, 3.05) is 13.1 Å². The predicted octanol–water partition coefficient (Wildman–Crippen LogP) is 4.86. The normalized spacial score (nSPS) is 15.6. The molecule has 1 aromatic carbocycles. The maximum atomic E-state index is 12.6. The molecular weight excluding hydrogens is 500 g/mol. The molecule has 1 aromatic heterocycles. The van der Waals surface area contributed by atoms with Gasteiger partial charge in [-0.15, -0.1) is 35.3 Å². The molecular formula is C19H24F3IN4S. The third kappa shape index (κ3) is 6.61. The Hall–Kier alpha value is -1.36. The highest BCUT2D eigenvalue weighted by molar-refractivity contribution is 14.0. The van der Waals surface area contributed by atoms with Gasteiger partial charge in [-0.3, -0.25) is 0 Å². The van der Waals surface area contributed by atoms with Crippen LogP contribution in [0, 0.1) is 5.41 Å². The van der Waals surface area contributed by atoms with E-state index >= 15 is 0 Å². The minimum absolute atomic E-state index is 0. The van der Waals surface area contributed by atoms with Gasteiger partial charge in [-0.25, -0.2) is 9.98 Å². The first-order chi connectivity index (χ1) is 12.9. The molecule has 1 saturated carbocycles. The molecule has 0 amide bonds. The molecule has 28 heavy (non-hydrogen) atoms. The van der Waals surface area contributed by atoms with Crippen LogP contribution in [0.1, 0.15) is 36.0 Å². The number of benzene rings is 1. The SMILES string of the molecule is CCNC(=NCc1nc(C(F)(F)F)cs1)NCC1(Cc2ccccc2)CC1.I. The predicted molar refractivity (Wildman–Crippen MR) is 117 cm³/mol. The van der Waals surface area contributed by atoms with E-state index in [0.29, 0.717) is 17.5 Å². The van der Waals surface area contributed by atoms with Crippen molar-refractivity contribution in [1.82, 2.24) is 15.6 Å². The van der Waals surface area contributed by atoms with Crippen molar-refractivity contribution in [3.05, 3.63) is 52.0 Å². The van der Waals surface area contributed by atoms with Crippen LogP contribution < -0.4 is 10.6 Å². The first-order valence-corrected chi connectivity index (χ1v) is 9.86. The first kappa shape index (κ1) is 22.9. The largest absolute Gasteiger partial charge is 0.434 e. The molecule has 0 aliphatic heterocycles. The Morgan fingerprint density at radius 2 is 1.93 bits per heavy atom. The van der Waals surface area contributed by atoms with Gasteiger partial charge < -0.3 is 10.6 Å². The summed E-state index contributed by atoms with van der Waals surface area (Å²) in [5.74, 6) is 0.612. The van der Waals surface area contributed by atoms with E-state index in [2.05, 4.69) is 32.7 Å². The fourth-order valence-corrected chi connectivity index (χ4v) is 3.62. The lowest BCUT2D eigenvalue weighted by Gasteiger charge is -2.18. The number of nitrogens with zero attached hydrogens (tertiary/aromatic N) is 2. The van der Waals surface area contributed by atoms with Crippen LogP contribution in [-0.4, -0.2) is 24.0 Å².